The molecule has 1 heterocycles. The predicted octanol–water partition coefficient (Wildman–Crippen LogP) is 2.28. The lowest BCUT2D eigenvalue weighted by molar-refractivity contribution is 0.0675. The normalized spacial score (nSPS) is 27.8. The van der Waals surface area contributed by atoms with Crippen LogP contribution in [-0.4, -0.2) is 54.0 Å². The highest BCUT2D eigenvalue weighted by Gasteiger charge is 2.26. The highest BCUT2D eigenvalue weighted by molar-refractivity contribution is 14.0. The van der Waals surface area contributed by atoms with E-state index >= 15 is 0 Å². The van der Waals surface area contributed by atoms with E-state index in [2.05, 4.69) is 15.6 Å². The summed E-state index contributed by atoms with van der Waals surface area (Å²) in [6, 6.07) is 0.398. The Hall–Kier alpha value is 0.110. The quantitative estimate of drug-likeness (QED) is 0.378. The Labute approximate surface area is 160 Å². The SMILES string of the molecule is CCS(=O)C1CCCC(NC(=NC)NCC2CCOCC2)C1.I. The molecule has 3 atom stereocenters. The van der Waals surface area contributed by atoms with Crippen LogP contribution in [0.3, 0.4) is 0 Å². The van der Waals surface area contributed by atoms with Gasteiger partial charge in [0, 0.05) is 54.7 Å². The Balaban J connectivity index is 0.00000264. The van der Waals surface area contributed by atoms with E-state index in [4.69, 9.17) is 4.74 Å². The molecule has 7 heteroatoms. The molecule has 5 nitrogen and oxygen atoms in total. The summed E-state index contributed by atoms with van der Waals surface area (Å²) in [6.45, 7) is 4.73. The summed E-state index contributed by atoms with van der Waals surface area (Å²) in [5.74, 6) is 2.34. The molecule has 2 rings (SSSR count). The van der Waals surface area contributed by atoms with E-state index in [1.807, 2.05) is 14.0 Å². The minimum atomic E-state index is -0.673. The lowest BCUT2D eigenvalue weighted by Gasteiger charge is -2.31. The molecule has 0 aromatic heterocycles. The summed E-state index contributed by atoms with van der Waals surface area (Å²) in [5.41, 5.74) is 0. The van der Waals surface area contributed by atoms with Crippen LogP contribution in [-0.2, 0) is 15.5 Å². The van der Waals surface area contributed by atoms with Gasteiger partial charge in [0.25, 0.3) is 0 Å². The highest BCUT2D eigenvalue weighted by Crippen LogP contribution is 2.23. The number of halogens is 1. The van der Waals surface area contributed by atoms with E-state index in [1.54, 1.807) is 0 Å². The van der Waals surface area contributed by atoms with E-state index in [9.17, 15) is 4.21 Å². The second kappa shape index (κ2) is 11.6. The molecular formula is C16H32IN3O2S. The second-order valence-corrected chi connectivity index (χ2v) is 8.31. The maximum absolute atomic E-state index is 12.0. The third-order valence-electron chi connectivity index (χ3n) is 4.75. The third-order valence-corrected chi connectivity index (χ3v) is 6.49. The molecule has 1 saturated heterocycles. The van der Waals surface area contributed by atoms with Gasteiger partial charge in [-0.2, -0.15) is 0 Å². The Morgan fingerprint density at radius 1 is 1.26 bits per heavy atom. The van der Waals surface area contributed by atoms with Gasteiger partial charge >= 0.3 is 0 Å². The first-order valence-corrected chi connectivity index (χ1v) is 10.0. The standard InChI is InChI=1S/C16H31N3O2S.HI/c1-3-22(20)15-6-4-5-14(11-15)19-16(17-2)18-12-13-7-9-21-10-8-13;/h13-15H,3-12H2,1-2H3,(H2,17,18,19);1H. The largest absolute Gasteiger partial charge is 0.381 e. The van der Waals surface area contributed by atoms with Crippen molar-refractivity contribution in [3.63, 3.8) is 0 Å². The van der Waals surface area contributed by atoms with E-state index in [-0.39, 0.29) is 24.0 Å². The fourth-order valence-electron chi connectivity index (χ4n) is 3.33. The molecule has 23 heavy (non-hydrogen) atoms. The van der Waals surface area contributed by atoms with Crippen molar-refractivity contribution < 1.29 is 8.95 Å². The zero-order chi connectivity index (χ0) is 15.8. The van der Waals surface area contributed by atoms with Gasteiger partial charge in [-0.15, -0.1) is 24.0 Å². The van der Waals surface area contributed by atoms with Gasteiger partial charge in [0.2, 0.25) is 0 Å². The van der Waals surface area contributed by atoms with Gasteiger partial charge in [-0.1, -0.05) is 13.3 Å². The fraction of sp³-hybridized carbons (Fsp3) is 0.938. The van der Waals surface area contributed by atoms with E-state index in [0.717, 1.165) is 70.0 Å². The smallest absolute Gasteiger partial charge is 0.191 e. The van der Waals surface area contributed by atoms with Crippen molar-refractivity contribution in [1.82, 2.24) is 10.6 Å². The van der Waals surface area contributed by atoms with Gasteiger partial charge in [-0.05, 0) is 38.0 Å². The maximum atomic E-state index is 12.0. The molecular weight excluding hydrogens is 425 g/mol. The topological polar surface area (TPSA) is 62.7 Å². The van der Waals surface area contributed by atoms with E-state index in [0.29, 0.717) is 17.2 Å². The molecule has 2 N–H and O–H groups in total. The second-order valence-electron chi connectivity index (χ2n) is 6.31. The molecule has 2 aliphatic rings. The summed E-state index contributed by atoms with van der Waals surface area (Å²) in [5, 5.41) is 7.33. The Morgan fingerprint density at radius 3 is 2.65 bits per heavy atom. The van der Waals surface area contributed by atoms with E-state index < -0.39 is 10.8 Å². The maximum Gasteiger partial charge on any atom is 0.191 e. The van der Waals surface area contributed by atoms with Crippen LogP contribution in [0.4, 0.5) is 0 Å². The first kappa shape index (κ1) is 21.2. The average molecular weight is 457 g/mol. The van der Waals surface area contributed by atoms with Gasteiger partial charge in [0.1, 0.15) is 0 Å². The predicted molar refractivity (Wildman–Crippen MR) is 108 cm³/mol. The van der Waals surface area contributed by atoms with Gasteiger partial charge in [0.05, 0.1) is 0 Å². The van der Waals surface area contributed by atoms with Crippen molar-refractivity contribution in [2.45, 2.75) is 56.7 Å². The fourth-order valence-corrected chi connectivity index (χ4v) is 4.68. The molecule has 0 aromatic carbocycles. The molecule has 0 aromatic rings. The zero-order valence-corrected chi connectivity index (χ0v) is 17.5. The molecule has 0 bridgehead atoms. The van der Waals surface area contributed by atoms with Crippen molar-refractivity contribution in [1.29, 1.82) is 0 Å². The van der Waals surface area contributed by atoms with Crippen LogP contribution in [0.5, 0.6) is 0 Å². The molecule has 2 fully saturated rings. The monoisotopic (exact) mass is 457 g/mol. The Kier molecular flexibility index (Phi) is 10.7. The van der Waals surface area contributed by atoms with Crippen LogP contribution in [0.25, 0.3) is 0 Å². The number of hydrogen-bond donors (Lipinski definition) is 2. The van der Waals surface area contributed by atoms with Gasteiger partial charge < -0.3 is 15.4 Å². The van der Waals surface area contributed by atoms with Crippen LogP contribution < -0.4 is 10.6 Å². The number of aliphatic imine (C=N–C) groups is 1. The van der Waals surface area contributed by atoms with Crippen LogP contribution in [0, 0.1) is 5.92 Å². The Morgan fingerprint density at radius 2 is 2.00 bits per heavy atom. The number of rotatable bonds is 5. The van der Waals surface area contributed by atoms with E-state index in [1.165, 1.54) is 0 Å². The average Bonchev–Trinajstić information content (AvgIpc) is 2.59. The minimum absolute atomic E-state index is 0. The van der Waals surface area contributed by atoms with Crippen molar-refractivity contribution >= 4 is 40.7 Å². The van der Waals surface area contributed by atoms with Gasteiger partial charge in [-0.25, -0.2) is 0 Å². The number of hydrogen-bond acceptors (Lipinski definition) is 3. The summed E-state index contributed by atoms with van der Waals surface area (Å²) in [6.07, 6.45) is 6.67. The number of nitrogens with zero attached hydrogens (tertiary/aromatic N) is 1. The highest BCUT2D eigenvalue weighted by atomic mass is 127. The summed E-state index contributed by atoms with van der Waals surface area (Å²) in [7, 11) is 1.15. The number of nitrogens with one attached hydrogen (secondary N) is 2. The zero-order valence-electron chi connectivity index (χ0n) is 14.4. The molecule has 1 aliphatic heterocycles. The Bertz CT molecular complexity index is 390. The summed E-state index contributed by atoms with van der Waals surface area (Å²) in [4.78, 5) is 4.34. The minimum Gasteiger partial charge on any atom is -0.381 e. The molecule has 1 saturated carbocycles. The van der Waals surface area contributed by atoms with Crippen molar-refractivity contribution in [2.75, 3.05) is 32.6 Å². The lowest BCUT2D eigenvalue weighted by atomic mass is 9.95. The molecule has 0 radical (unpaired) electrons. The number of guanidine groups is 1. The van der Waals surface area contributed by atoms with Crippen molar-refractivity contribution in [3.05, 3.63) is 0 Å². The molecule has 0 amide bonds. The molecule has 0 spiro atoms. The van der Waals surface area contributed by atoms with Crippen molar-refractivity contribution in [3.8, 4) is 0 Å². The van der Waals surface area contributed by atoms with Gasteiger partial charge in [-0.3, -0.25) is 9.20 Å². The van der Waals surface area contributed by atoms with Crippen LogP contribution in [0.1, 0.15) is 45.4 Å². The van der Waals surface area contributed by atoms with Crippen molar-refractivity contribution in [2.24, 2.45) is 10.9 Å². The summed E-state index contributed by atoms with van der Waals surface area (Å²) >= 11 is 0. The molecule has 1 aliphatic carbocycles. The van der Waals surface area contributed by atoms with Crippen LogP contribution in [0.2, 0.25) is 0 Å². The summed E-state index contributed by atoms with van der Waals surface area (Å²) < 4.78 is 17.4. The third kappa shape index (κ3) is 7.25. The van der Waals surface area contributed by atoms with Crippen LogP contribution >= 0.6 is 24.0 Å². The molecule has 136 valence electrons. The first-order valence-electron chi connectivity index (χ1n) is 8.65. The lowest BCUT2D eigenvalue weighted by Crippen LogP contribution is -2.47. The first-order chi connectivity index (χ1) is 10.7. The van der Waals surface area contributed by atoms with Crippen LogP contribution in [0.15, 0.2) is 4.99 Å². The van der Waals surface area contributed by atoms with Gasteiger partial charge in [0.15, 0.2) is 5.96 Å². The molecule has 3 unspecified atom stereocenters. The number of ether oxygens (including phenoxy) is 1.